The highest BCUT2D eigenvalue weighted by Gasteiger charge is 2.24. The molecule has 0 bridgehead atoms. The van der Waals surface area contributed by atoms with E-state index < -0.39 is 5.97 Å². The average molecular weight is 389 g/mol. The number of methoxy groups -OCH3 is 3. The van der Waals surface area contributed by atoms with Crippen molar-refractivity contribution in [3.63, 3.8) is 0 Å². The number of hydrogen-bond donors (Lipinski definition) is 2. The van der Waals surface area contributed by atoms with Crippen molar-refractivity contribution in [2.24, 2.45) is 5.92 Å². The summed E-state index contributed by atoms with van der Waals surface area (Å²) in [7, 11) is 4.37. The topological polar surface area (TPSA) is 92.9 Å². The first-order chi connectivity index (χ1) is 13.5. The fourth-order valence-corrected chi connectivity index (χ4v) is 3.72. The summed E-state index contributed by atoms with van der Waals surface area (Å²) in [6.45, 7) is 4.28. The first-order valence-electron chi connectivity index (χ1n) is 9.35. The van der Waals surface area contributed by atoms with E-state index in [4.69, 9.17) is 14.2 Å². The number of likely N-dealkylation sites (tertiary alicyclic amines) is 1. The van der Waals surface area contributed by atoms with E-state index in [2.05, 4.69) is 22.1 Å². The van der Waals surface area contributed by atoms with Crippen molar-refractivity contribution in [1.82, 2.24) is 9.88 Å². The summed E-state index contributed by atoms with van der Waals surface area (Å²) in [6, 6.07) is 3.46. The molecule has 0 unspecified atom stereocenters. The Morgan fingerprint density at radius 2 is 1.93 bits per heavy atom. The molecule has 1 aliphatic heterocycles. The predicted molar refractivity (Wildman–Crippen MR) is 106 cm³/mol. The van der Waals surface area contributed by atoms with E-state index in [1.807, 2.05) is 0 Å². The Labute approximate surface area is 164 Å². The SMILES string of the molecule is COC(=O)c1[nH]c2cc(OC)c(OC)cc2c1NC(=O)CN1CCC[C@@H](C)C1. The highest BCUT2D eigenvalue weighted by atomic mass is 16.5. The Balaban J connectivity index is 1.92. The molecule has 3 rings (SSSR count). The second-order valence-corrected chi connectivity index (χ2v) is 7.15. The minimum Gasteiger partial charge on any atom is -0.493 e. The number of carbonyl (C=O) groups excluding carboxylic acids is 2. The number of esters is 1. The molecule has 2 heterocycles. The van der Waals surface area contributed by atoms with Crippen molar-refractivity contribution in [3.8, 4) is 11.5 Å². The second-order valence-electron chi connectivity index (χ2n) is 7.15. The maximum Gasteiger partial charge on any atom is 0.356 e. The van der Waals surface area contributed by atoms with E-state index in [0.29, 0.717) is 34.0 Å². The van der Waals surface area contributed by atoms with Gasteiger partial charge in [0.2, 0.25) is 5.91 Å². The summed E-state index contributed by atoms with van der Waals surface area (Å²) in [6.07, 6.45) is 2.28. The zero-order valence-electron chi connectivity index (χ0n) is 16.8. The number of ether oxygens (including phenoxy) is 3. The smallest absolute Gasteiger partial charge is 0.356 e. The van der Waals surface area contributed by atoms with Gasteiger partial charge in [-0.2, -0.15) is 0 Å². The Morgan fingerprint density at radius 1 is 1.21 bits per heavy atom. The summed E-state index contributed by atoms with van der Waals surface area (Å²) >= 11 is 0. The Kier molecular flexibility index (Phi) is 6.08. The lowest BCUT2D eigenvalue weighted by atomic mass is 10.0. The normalized spacial score (nSPS) is 17.4. The van der Waals surface area contributed by atoms with Crippen LogP contribution in [0.25, 0.3) is 10.9 Å². The number of carbonyl (C=O) groups is 2. The summed E-state index contributed by atoms with van der Waals surface area (Å²) in [5.74, 6) is 0.876. The van der Waals surface area contributed by atoms with Gasteiger partial charge in [0.25, 0.3) is 0 Å². The number of hydrogen-bond acceptors (Lipinski definition) is 6. The molecule has 1 aromatic carbocycles. The van der Waals surface area contributed by atoms with Crippen LogP contribution < -0.4 is 14.8 Å². The molecule has 0 aliphatic carbocycles. The molecule has 1 fully saturated rings. The molecule has 0 spiro atoms. The van der Waals surface area contributed by atoms with Gasteiger partial charge >= 0.3 is 5.97 Å². The van der Waals surface area contributed by atoms with Crippen LogP contribution in [0.2, 0.25) is 0 Å². The lowest BCUT2D eigenvalue weighted by molar-refractivity contribution is -0.117. The number of benzene rings is 1. The first kappa shape index (κ1) is 20.0. The van der Waals surface area contributed by atoms with Gasteiger partial charge in [0.1, 0.15) is 5.69 Å². The van der Waals surface area contributed by atoms with Crippen LogP contribution in [0.5, 0.6) is 11.5 Å². The van der Waals surface area contributed by atoms with Crippen LogP contribution in [-0.4, -0.2) is 62.7 Å². The minimum atomic E-state index is -0.559. The van der Waals surface area contributed by atoms with Crippen molar-refractivity contribution < 1.29 is 23.8 Å². The quantitative estimate of drug-likeness (QED) is 0.738. The standard InChI is InChI=1S/C20H27N3O5/c1-12-6-5-7-23(10-12)11-17(24)22-18-13-8-15(26-2)16(27-3)9-14(13)21-19(18)20(25)28-4/h8-9,12,21H,5-7,10-11H2,1-4H3,(H,22,24)/t12-/m1/s1. The van der Waals surface area contributed by atoms with Crippen LogP contribution in [0.4, 0.5) is 5.69 Å². The third kappa shape index (κ3) is 4.06. The number of aromatic amines is 1. The van der Waals surface area contributed by atoms with Gasteiger partial charge in [-0.05, 0) is 31.4 Å². The lowest BCUT2D eigenvalue weighted by Gasteiger charge is -2.30. The number of rotatable bonds is 6. The van der Waals surface area contributed by atoms with Gasteiger partial charge in [-0.25, -0.2) is 4.79 Å². The van der Waals surface area contributed by atoms with Gasteiger partial charge in [-0.15, -0.1) is 0 Å². The van der Waals surface area contributed by atoms with Crippen LogP contribution in [0.3, 0.4) is 0 Å². The predicted octanol–water partition coefficient (Wildman–Crippen LogP) is 2.64. The van der Waals surface area contributed by atoms with E-state index in [9.17, 15) is 9.59 Å². The molecule has 28 heavy (non-hydrogen) atoms. The van der Waals surface area contributed by atoms with E-state index in [0.717, 1.165) is 19.5 Å². The maximum absolute atomic E-state index is 12.7. The van der Waals surface area contributed by atoms with Crippen molar-refractivity contribution >= 4 is 28.5 Å². The van der Waals surface area contributed by atoms with Gasteiger partial charge in [-0.3, -0.25) is 9.69 Å². The minimum absolute atomic E-state index is 0.171. The molecule has 1 aromatic heterocycles. The lowest BCUT2D eigenvalue weighted by Crippen LogP contribution is -2.39. The van der Waals surface area contributed by atoms with Gasteiger partial charge in [0, 0.05) is 18.0 Å². The van der Waals surface area contributed by atoms with Crippen LogP contribution in [0.1, 0.15) is 30.3 Å². The van der Waals surface area contributed by atoms with Crippen LogP contribution >= 0.6 is 0 Å². The number of anilines is 1. The zero-order chi connectivity index (χ0) is 20.3. The molecule has 1 saturated heterocycles. The third-order valence-corrected chi connectivity index (χ3v) is 5.07. The van der Waals surface area contributed by atoms with Gasteiger partial charge < -0.3 is 24.5 Å². The molecule has 8 heteroatoms. The molecular formula is C20H27N3O5. The zero-order valence-corrected chi connectivity index (χ0v) is 16.8. The van der Waals surface area contributed by atoms with E-state index in [1.54, 1.807) is 12.1 Å². The molecular weight excluding hydrogens is 362 g/mol. The number of H-pyrrole nitrogens is 1. The number of piperidine rings is 1. The van der Waals surface area contributed by atoms with Crippen LogP contribution in [0.15, 0.2) is 12.1 Å². The molecule has 152 valence electrons. The maximum atomic E-state index is 12.7. The highest BCUT2D eigenvalue weighted by molar-refractivity contribution is 6.11. The van der Waals surface area contributed by atoms with Crippen molar-refractivity contribution in [2.75, 3.05) is 46.3 Å². The Morgan fingerprint density at radius 3 is 2.57 bits per heavy atom. The number of aromatic nitrogens is 1. The molecule has 1 amide bonds. The molecule has 0 radical (unpaired) electrons. The number of nitrogens with one attached hydrogen (secondary N) is 2. The Bertz CT molecular complexity index is 876. The van der Waals surface area contributed by atoms with Crippen molar-refractivity contribution in [3.05, 3.63) is 17.8 Å². The summed E-state index contributed by atoms with van der Waals surface area (Å²) in [5, 5.41) is 3.54. The van der Waals surface area contributed by atoms with Crippen LogP contribution in [-0.2, 0) is 9.53 Å². The number of nitrogens with zero attached hydrogens (tertiary/aromatic N) is 1. The monoisotopic (exact) mass is 389 g/mol. The number of fused-ring (bicyclic) bond motifs is 1. The second kappa shape index (κ2) is 8.52. The van der Waals surface area contributed by atoms with Crippen molar-refractivity contribution in [2.45, 2.75) is 19.8 Å². The average Bonchev–Trinajstić information content (AvgIpc) is 3.03. The van der Waals surface area contributed by atoms with Crippen LogP contribution in [0, 0.1) is 5.92 Å². The molecule has 1 aliphatic rings. The van der Waals surface area contributed by atoms with E-state index in [-0.39, 0.29) is 18.1 Å². The summed E-state index contributed by atoms with van der Waals surface area (Å²) in [5.41, 5.74) is 1.21. The first-order valence-corrected chi connectivity index (χ1v) is 9.35. The Hall–Kier alpha value is -2.74. The summed E-state index contributed by atoms with van der Waals surface area (Å²) < 4.78 is 15.5. The number of amides is 1. The van der Waals surface area contributed by atoms with Crippen molar-refractivity contribution in [1.29, 1.82) is 0 Å². The molecule has 8 nitrogen and oxygen atoms in total. The summed E-state index contributed by atoms with van der Waals surface area (Å²) in [4.78, 5) is 30.1. The largest absolute Gasteiger partial charge is 0.493 e. The molecule has 2 N–H and O–H groups in total. The third-order valence-electron chi connectivity index (χ3n) is 5.07. The van der Waals surface area contributed by atoms with Gasteiger partial charge in [-0.1, -0.05) is 6.92 Å². The van der Waals surface area contributed by atoms with Gasteiger partial charge in [0.15, 0.2) is 11.5 Å². The molecule has 1 atom stereocenters. The molecule has 0 saturated carbocycles. The highest BCUT2D eigenvalue weighted by Crippen LogP contribution is 2.37. The van der Waals surface area contributed by atoms with Gasteiger partial charge in [0.05, 0.1) is 39.1 Å². The fraction of sp³-hybridized carbons (Fsp3) is 0.500. The fourth-order valence-electron chi connectivity index (χ4n) is 3.72. The molecule has 2 aromatic rings. The van der Waals surface area contributed by atoms with E-state index >= 15 is 0 Å². The van der Waals surface area contributed by atoms with E-state index in [1.165, 1.54) is 27.8 Å².